The molecular weight excluding hydrogens is 409 g/mol. The molecule has 1 N–H and O–H groups in total. The van der Waals surface area contributed by atoms with Gasteiger partial charge in [-0.15, -0.1) is 5.10 Å². The largest absolute Gasteiger partial charge is 0.355 e. The molecule has 2 aromatic heterocycles. The fourth-order valence-electron chi connectivity index (χ4n) is 3.97. The average molecular weight is 426 g/mol. The van der Waals surface area contributed by atoms with Gasteiger partial charge in [-0.25, -0.2) is 15.1 Å². The molecular formula is C20H17Cl2N7. The predicted octanol–water partition coefficient (Wildman–Crippen LogP) is 4.50. The molecule has 0 saturated carbocycles. The highest BCUT2D eigenvalue weighted by Gasteiger charge is 2.26. The van der Waals surface area contributed by atoms with Gasteiger partial charge in [0.25, 0.3) is 0 Å². The zero-order chi connectivity index (χ0) is 19.8. The Bertz CT molecular complexity index is 1160. The lowest BCUT2D eigenvalue weighted by molar-refractivity contribution is 0.490. The van der Waals surface area contributed by atoms with E-state index in [2.05, 4.69) is 41.6 Å². The topological polar surface area (TPSA) is 83.5 Å². The van der Waals surface area contributed by atoms with Crippen molar-refractivity contribution in [3.63, 3.8) is 0 Å². The summed E-state index contributed by atoms with van der Waals surface area (Å²) < 4.78 is 0. The van der Waals surface area contributed by atoms with Crippen molar-refractivity contribution in [2.45, 2.75) is 18.8 Å². The van der Waals surface area contributed by atoms with Crippen molar-refractivity contribution in [1.82, 2.24) is 30.6 Å². The molecule has 0 amide bonds. The molecule has 1 aliphatic rings. The van der Waals surface area contributed by atoms with E-state index in [1.54, 1.807) is 6.33 Å². The molecule has 3 heterocycles. The number of aromatic nitrogens is 6. The Morgan fingerprint density at radius 2 is 2.00 bits per heavy atom. The second-order valence-corrected chi connectivity index (χ2v) is 7.91. The van der Waals surface area contributed by atoms with Gasteiger partial charge in [0.15, 0.2) is 5.82 Å². The van der Waals surface area contributed by atoms with E-state index < -0.39 is 0 Å². The second-order valence-electron chi connectivity index (χ2n) is 7.10. The molecule has 1 aliphatic heterocycles. The number of piperidine rings is 1. The van der Waals surface area contributed by atoms with Gasteiger partial charge >= 0.3 is 0 Å². The quantitative estimate of drug-likeness (QED) is 0.519. The molecule has 1 saturated heterocycles. The van der Waals surface area contributed by atoms with Gasteiger partial charge in [0, 0.05) is 19.0 Å². The van der Waals surface area contributed by atoms with Crippen LogP contribution in [-0.4, -0.2) is 43.7 Å². The number of aromatic amines is 1. The van der Waals surface area contributed by atoms with E-state index in [-0.39, 0.29) is 5.92 Å². The van der Waals surface area contributed by atoms with Gasteiger partial charge < -0.3 is 4.90 Å². The highest BCUT2D eigenvalue weighted by atomic mass is 35.5. The zero-order valence-electron chi connectivity index (χ0n) is 15.4. The summed E-state index contributed by atoms with van der Waals surface area (Å²) >= 11 is 12.4. The molecule has 7 nitrogen and oxygen atoms in total. The van der Waals surface area contributed by atoms with Crippen molar-refractivity contribution >= 4 is 39.9 Å². The summed E-state index contributed by atoms with van der Waals surface area (Å²) in [6.45, 7) is 1.71. The first-order chi connectivity index (χ1) is 14.2. The minimum absolute atomic E-state index is 0.237. The Labute approximate surface area is 177 Å². The normalized spacial score (nSPS) is 17.0. The summed E-state index contributed by atoms with van der Waals surface area (Å²) in [7, 11) is 0. The van der Waals surface area contributed by atoms with Gasteiger partial charge in [-0.2, -0.15) is 0 Å². The molecule has 1 atom stereocenters. The number of hydrogen-bond acceptors (Lipinski definition) is 6. The van der Waals surface area contributed by atoms with E-state index in [9.17, 15) is 0 Å². The lowest BCUT2D eigenvalue weighted by Crippen LogP contribution is -2.35. The van der Waals surface area contributed by atoms with Gasteiger partial charge in [0.05, 0.1) is 20.9 Å². The number of fused-ring (bicyclic) bond motifs is 1. The van der Waals surface area contributed by atoms with Crippen LogP contribution < -0.4 is 4.90 Å². The maximum atomic E-state index is 6.28. The second kappa shape index (κ2) is 7.57. The summed E-state index contributed by atoms with van der Waals surface area (Å²) in [6, 6.07) is 11.7. The van der Waals surface area contributed by atoms with Crippen LogP contribution in [0.5, 0.6) is 0 Å². The summed E-state index contributed by atoms with van der Waals surface area (Å²) in [4.78, 5) is 11.5. The number of nitrogens with one attached hydrogen (secondary N) is 1. The maximum absolute atomic E-state index is 6.28. The molecule has 4 aromatic rings. The van der Waals surface area contributed by atoms with Gasteiger partial charge in [-0.1, -0.05) is 41.4 Å². The average Bonchev–Trinajstić information content (AvgIpc) is 3.30. The number of H-pyrrole nitrogens is 1. The molecule has 146 valence electrons. The standard InChI is InChI=1S/C20H17Cl2N7/c21-15-7-6-12(9-16(15)22)14-4-1-5-17-18(14)20(24-11-23-17)29-8-2-3-13(10-29)19-25-27-28-26-19/h1,4-7,9,11,13H,2-3,8,10H2,(H,25,26,27,28)/t13-/m1/s1. The first-order valence-electron chi connectivity index (χ1n) is 9.38. The van der Waals surface area contributed by atoms with Crippen LogP contribution in [0.3, 0.4) is 0 Å². The SMILES string of the molecule is Clc1ccc(-c2cccc3ncnc(N4CCC[C@@H](c5nnn[nH]5)C4)c23)cc1Cl. The molecule has 2 aromatic carbocycles. The molecule has 0 bridgehead atoms. The highest BCUT2D eigenvalue weighted by molar-refractivity contribution is 6.42. The van der Waals surface area contributed by atoms with Gasteiger partial charge in [-0.05, 0) is 52.6 Å². The van der Waals surface area contributed by atoms with Crippen LogP contribution in [0, 0.1) is 0 Å². The van der Waals surface area contributed by atoms with Crippen LogP contribution in [0.2, 0.25) is 10.0 Å². The molecule has 0 aliphatic carbocycles. The third-order valence-electron chi connectivity index (χ3n) is 5.34. The fourth-order valence-corrected chi connectivity index (χ4v) is 4.27. The van der Waals surface area contributed by atoms with Crippen LogP contribution in [0.25, 0.3) is 22.0 Å². The van der Waals surface area contributed by atoms with Crippen LogP contribution in [0.15, 0.2) is 42.7 Å². The minimum atomic E-state index is 0.237. The van der Waals surface area contributed by atoms with Crippen molar-refractivity contribution in [1.29, 1.82) is 0 Å². The third-order valence-corrected chi connectivity index (χ3v) is 6.08. The van der Waals surface area contributed by atoms with E-state index >= 15 is 0 Å². The van der Waals surface area contributed by atoms with E-state index in [0.717, 1.165) is 59.6 Å². The number of rotatable bonds is 3. The van der Waals surface area contributed by atoms with Crippen molar-refractivity contribution in [3.8, 4) is 11.1 Å². The van der Waals surface area contributed by atoms with E-state index in [0.29, 0.717) is 10.0 Å². The number of anilines is 1. The molecule has 1 fully saturated rings. The van der Waals surface area contributed by atoms with Gasteiger partial charge in [0.2, 0.25) is 0 Å². The van der Waals surface area contributed by atoms with Crippen molar-refractivity contribution in [2.75, 3.05) is 18.0 Å². The van der Waals surface area contributed by atoms with E-state index in [4.69, 9.17) is 23.2 Å². The van der Waals surface area contributed by atoms with Crippen LogP contribution in [0.1, 0.15) is 24.6 Å². The number of hydrogen-bond donors (Lipinski definition) is 1. The molecule has 29 heavy (non-hydrogen) atoms. The lowest BCUT2D eigenvalue weighted by atomic mass is 9.96. The minimum Gasteiger partial charge on any atom is -0.355 e. The van der Waals surface area contributed by atoms with E-state index in [1.807, 2.05) is 30.3 Å². The van der Waals surface area contributed by atoms with Crippen molar-refractivity contribution < 1.29 is 0 Å². The summed E-state index contributed by atoms with van der Waals surface area (Å²) in [5, 5.41) is 16.5. The lowest BCUT2D eigenvalue weighted by Gasteiger charge is -2.33. The van der Waals surface area contributed by atoms with Gasteiger partial charge in [0.1, 0.15) is 12.1 Å². The number of benzene rings is 2. The molecule has 9 heteroatoms. The van der Waals surface area contributed by atoms with Crippen molar-refractivity contribution in [3.05, 3.63) is 58.6 Å². The molecule has 0 unspecified atom stereocenters. The first-order valence-corrected chi connectivity index (χ1v) is 10.1. The Morgan fingerprint density at radius 3 is 2.83 bits per heavy atom. The fraction of sp³-hybridized carbons (Fsp3) is 0.250. The zero-order valence-corrected chi connectivity index (χ0v) is 16.9. The summed E-state index contributed by atoms with van der Waals surface area (Å²) in [5.41, 5.74) is 2.90. The predicted molar refractivity (Wildman–Crippen MR) is 113 cm³/mol. The molecule has 5 rings (SSSR count). The number of nitrogens with zero attached hydrogens (tertiary/aromatic N) is 6. The Balaban J connectivity index is 1.62. The van der Waals surface area contributed by atoms with Gasteiger partial charge in [-0.3, -0.25) is 0 Å². The molecule has 0 radical (unpaired) electrons. The smallest absolute Gasteiger partial charge is 0.153 e. The Kier molecular flexibility index (Phi) is 4.77. The summed E-state index contributed by atoms with van der Waals surface area (Å²) in [5.74, 6) is 1.97. The van der Waals surface area contributed by atoms with E-state index in [1.165, 1.54) is 0 Å². The maximum Gasteiger partial charge on any atom is 0.153 e. The van der Waals surface area contributed by atoms with Crippen molar-refractivity contribution in [2.24, 2.45) is 0 Å². The van der Waals surface area contributed by atoms with Crippen LogP contribution in [0.4, 0.5) is 5.82 Å². The Hall–Kier alpha value is -2.77. The van der Waals surface area contributed by atoms with Crippen LogP contribution >= 0.6 is 23.2 Å². The third kappa shape index (κ3) is 3.41. The first kappa shape index (κ1) is 18.3. The molecule has 0 spiro atoms. The Morgan fingerprint density at radius 1 is 1.07 bits per heavy atom. The summed E-state index contributed by atoms with van der Waals surface area (Å²) in [6.07, 6.45) is 3.69. The number of tetrazole rings is 1. The highest BCUT2D eigenvalue weighted by Crippen LogP contribution is 2.37. The number of halogens is 2. The monoisotopic (exact) mass is 425 g/mol. The van der Waals surface area contributed by atoms with Crippen LogP contribution in [-0.2, 0) is 0 Å².